The van der Waals surface area contributed by atoms with Gasteiger partial charge in [0.1, 0.15) is 0 Å². The van der Waals surface area contributed by atoms with E-state index in [4.69, 9.17) is 5.11 Å². The van der Waals surface area contributed by atoms with Crippen LogP contribution in [0.3, 0.4) is 0 Å². The van der Waals surface area contributed by atoms with E-state index < -0.39 is 11.9 Å². The lowest BCUT2D eigenvalue weighted by atomic mass is 10.0. The molecule has 1 unspecified atom stereocenters. The number of para-hydroxylation sites is 1. The van der Waals surface area contributed by atoms with Crippen molar-refractivity contribution in [1.29, 1.82) is 0 Å². The van der Waals surface area contributed by atoms with Crippen LogP contribution in [-0.2, 0) is 4.79 Å². The molecule has 0 saturated carbocycles. The van der Waals surface area contributed by atoms with E-state index in [1.807, 2.05) is 37.3 Å². The summed E-state index contributed by atoms with van der Waals surface area (Å²) in [5, 5.41) is 8.94. The number of hydrogen-bond acceptors (Lipinski definition) is 2. The number of carboxylic acids is 1. The number of benzene rings is 1. The van der Waals surface area contributed by atoms with E-state index in [1.54, 1.807) is 6.92 Å². The van der Waals surface area contributed by atoms with Gasteiger partial charge in [0, 0.05) is 5.71 Å². The summed E-state index contributed by atoms with van der Waals surface area (Å²) in [6.07, 6.45) is 0.567. The second-order valence-electron chi connectivity index (χ2n) is 3.39. The predicted octanol–water partition coefficient (Wildman–Crippen LogP) is 2.89. The average molecular weight is 205 g/mol. The van der Waals surface area contributed by atoms with Crippen molar-refractivity contribution in [3.63, 3.8) is 0 Å². The first-order valence-electron chi connectivity index (χ1n) is 4.98. The van der Waals surface area contributed by atoms with Gasteiger partial charge < -0.3 is 5.11 Å². The lowest BCUT2D eigenvalue weighted by molar-refractivity contribution is -0.139. The molecule has 80 valence electrons. The molecule has 1 atom stereocenters. The molecular weight excluding hydrogens is 190 g/mol. The SMILES string of the molecule is CCC(C(=O)O)/C(C)=N\c1ccccc1. The van der Waals surface area contributed by atoms with Gasteiger partial charge in [-0.15, -0.1) is 0 Å². The third kappa shape index (κ3) is 3.20. The van der Waals surface area contributed by atoms with Crippen LogP contribution in [0.5, 0.6) is 0 Å². The Morgan fingerprint density at radius 1 is 1.40 bits per heavy atom. The highest BCUT2D eigenvalue weighted by Crippen LogP contribution is 2.14. The molecule has 1 aromatic carbocycles. The third-order valence-electron chi connectivity index (χ3n) is 2.27. The molecule has 0 aliphatic heterocycles. The lowest BCUT2D eigenvalue weighted by Crippen LogP contribution is -2.20. The van der Waals surface area contributed by atoms with Gasteiger partial charge in [-0.3, -0.25) is 9.79 Å². The first-order valence-corrected chi connectivity index (χ1v) is 4.98. The quantitative estimate of drug-likeness (QED) is 0.768. The number of hydrogen-bond donors (Lipinski definition) is 1. The number of carboxylic acid groups (broad SMARTS) is 1. The summed E-state index contributed by atoms with van der Waals surface area (Å²) >= 11 is 0. The standard InChI is InChI=1S/C12H15NO2/c1-3-11(12(14)15)9(2)13-10-7-5-4-6-8-10/h4-8,11H,3H2,1-2H3,(H,14,15)/b13-9-. The molecule has 0 saturated heterocycles. The van der Waals surface area contributed by atoms with E-state index in [-0.39, 0.29) is 0 Å². The molecule has 0 aliphatic rings. The highest BCUT2D eigenvalue weighted by atomic mass is 16.4. The van der Waals surface area contributed by atoms with Crippen LogP contribution >= 0.6 is 0 Å². The topological polar surface area (TPSA) is 49.7 Å². The Hall–Kier alpha value is -1.64. The normalized spacial score (nSPS) is 13.6. The average Bonchev–Trinajstić information content (AvgIpc) is 2.19. The molecule has 0 bridgehead atoms. The summed E-state index contributed by atoms with van der Waals surface area (Å²) in [5.74, 6) is -1.29. The van der Waals surface area contributed by atoms with Crippen molar-refractivity contribution in [3.8, 4) is 0 Å². The van der Waals surface area contributed by atoms with Crippen molar-refractivity contribution in [2.45, 2.75) is 20.3 Å². The summed E-state index contributed by atoms with van der Waals surface area (Å²) in [6, 6.07) is 9.39. The Morgan fingerprint density at radius 3 is 2.47 bits per heavy atom. The molecule has 0 heterocycles. The maximum atomic E-state index is 10.9. The number of nitrogens with zero attached hydrogens (tertiary/aromatic N) is 1. The number of aliphatic imine (C=N–C) groups is 1. The molecule has 0 aromatic heterocycles. The smallest absolute Gasteiger partial charge is 0.312 e. The van der Waals surface area contributed by atoms with Gasteiger partial charge >= 0.3 is 5.97 Å². The van der Waals surface area contributed by atoms with Gasteiger partial charge in [0.25, 0.3) is 0 Å². The van der Waals surface area contributed by atoms with Crippen LogP contribution in [0.1, 0.15) is 20.3 Å². The Morgan fingerprint density at radius 2 is 2.00 bits per heavy atom. The van der Waals surface area contributed by atoms with Gasteiger partial charge in [-0.25, -0.2) is 0 Å². The molecule has 0 spiro atoms. The fourth-order valence-corrected chi connectivity index (χ4v) is 1.43. The molecule has 1 rings (SSSR count). The molecular formula is C12H15NO2. The van der Waals surface area contributed by atoms with Gasteiger partial charge in [-0.1, -0.05) is 25.1 Å². The largest absolute Gasteiger partial charge is 0.481 e. The van der Waals surface area contributed by atoms with Crippen LogP contribution in [0.15, 0.2) is 35.3 Å². The third-order valence-corrected chi connectivity index (χ3v) is 2.27. The highest BCUT2D eigenvalue weighted by molar-refractivity contribution is 6.01. The minimum atomic E-state index is -0.810. The lowest BCUT2D eigenvalue weighted by Gasteiger charge is -2.08. The van der Waals surface area contributed by atoms with E-state index in [1.165, 1.54) is 0 Å². The van der Waals surface area contributed by atoms with E-state index in [0.717, 1.165) is 5.69 Å². The molecule has 0 fully saturated rings. The first kappa shape index (κ1) is 11.4. The first-order chi connectivity index (χ1) is 7.15. The summed E-state index contributed by atoms with van der Waals surface area (Å²) in [7, 11) is 0. The Balaban J connectivity index is 2.88. The number of aliphatic carboxylic acids is 1. The number of carbonyl (C=O) groups is 1. The zero-order valence-electron chi connectivity index (χ0n) is 8.97. The predicted molar refractivity (Wildman–Crippen MR) is 60.6 cm³/mol. The van der Waals surface area contributed by atoms with E-state index in [9.17, 15) is 4.79 Å². The van der Waals surface area contributed by atoms with Crippen molar-refractivity contribution in [3.05, 3.63) is 30.3 Å². The molecule has 1 N–H and O–H groups in total. The fourth-order valence-electron chi connectivity index (χ4n) is 1.43. The van der Waals surface area contributed by atoms with Crippen LogP contribution in [0.25, 0.3) is 0 Å². The second-order valence-corrected chi connectivity index (χ2v) is 3.39. The monoisotopic (exact) mass is 205 g/mol. The van der Waals surface area contributed by atoms with Crippen molar-refractivity contribution in [2.75, 3.05) is 0 Å². The molecule has 1 aromatic rings. The summed E-state index contributed by atoms with van der Waals surface area (Å²) < 4.78 is 0. The van der Waals surface area contributed by atoms with Crippen LogP contribution in [0.4, 0.5) is 5.69 Å². The summed E-state index contributed by atoms with van der Waals surface area (Å²) in [4.78, 5) is 15.2. The van der Waals surface area contributed by atoms with Crippen molar-refractivity contribution in [1.82, 2.24) is 0 Å². The van der Waals surface area contributed by atoms with E-state index >= 15 is 0 Å². The van der Waals surface area contributed by atoms with Gasteiger partial charge in [0.05, 0.1) is 11.6 Å². The second kappa shape index (κ2) is 5.29. The molecule has 15 heavy (non-hydrogen) atoms. The molecule has 0 amide bonds. The molecule has 0 aliphatic carbocycles. The van der Waals surface area contributed by atoms with Crippen molar-refractivity contribution >= 4 is 17.4 Å². The Bertz CT molecular complexity index is 357. The summed E-state index contributed by atoms with van der Waals surface area (Å²) in [5.41, 5.74) is 1.45. The maximum Gasteiger partial charge on any atom is 0.312 e. The van der Waals surface area contributed by atoms with Gasteiger partial charge in [0.15, 0.2) is 0 Å². The zero-order valence-corrected chi connectivity index (χ0v) is 8.97. The van der Waals surface area contributed by atoms with Crippen LogP contribution in [0, 0.1) is 5.92 Å². The van der Waals surface area contributed by atoms with Gasteiger partial charge in [0.2, 0.25) is 0 Å². The minimum absolute atomic E-state index is 0.481. The Kier molecular flexibility index (Phi) is 4.03. The van der Waals surface area contributed by atoms with Crippen LogP contribution in [0.2, 0.25) is 0 Å². The van der Waals surface area contributed by atoms with Crippen molar-refractivity contribution in [2.24, 2.45) is 10.9 Å². The van der Waals surface area contributed by atoms with Crippen LogP contribution in [-0.4, -0.2) is 16.8 Å². The highest BCUT2D eigenvalue weighted by Gasteiger charge is 2.17. The minimum Gasteiger partial charge on any atom is -0.481 e. The van der Waals surface area contributed by atoms with Crippen molar-refractivity contribution < 1.29 is 9.90 Å². The summed E-state index contributed by atoms with van der Waals surface area (Å²) in [6.45, 7) is 3.61. The zero-order chi connectivity index (χ0) is 11.3. The van der Waals surface area contributed by atoms with E-state index in [0.29, 0.717) is 12.1 Å². The Labute approximate surface area is 89.5 Å². The number of rotatable bonds is 4. The van der Waals surface area contributed by atoms with Gasteiger partial charge in [-0.05, 0) is 25.5 Å². The maximum absolute atomic E-state index is 10.9. The van der Waals surface area contributed by atoms with E-state index in [2.05, 4.69) is 4.99 Å². The fraction of sp³-hybridized carbons (Fsp3) is 0.333. The van der Waals surface area contributed by atoms with Gasteiger partial charge in [-0.2, -0.15) is 0 Å². The molecule has 3 nitrogen and oxygen atoms in total. The molecule has 3 heteroatoms. The van der Waals surface area contributed by atoms with Crippen LogP contribution < -0.4 is 0 Å². The molecule has 0 radical (unpaired) electrons.